The van der Waals surface area contributed by atoms with Gasteiger partial charge in [0.1, 0.15) is 18.3 Å². The summed E-state index contributed by atoms with van der Waals surface area (Å²) in [6.07, 6.45) is 0. The van der Waals surface area contributed by atoms with Crippen molar-refractivity contribution in [2.45, 2.75) is 15.8 Å². The van der Waals surface area contributed by atoms with Gasteiger partial charge in [0, 0.05) is 10.8 Å². The smallest absolute Gasteiger partial charge is 0.264 e. The number of ether oxygens (including phenoxy) is 1. The lowest BCUT2D eigenvalue weighted by Crippen LogP contribution is -2.38. The van der Waals surface area contributed by atoms with Crippen LogP contribution in [0.25, 0.3) is 10.8 Å². The van der Waals surface area contributed by atoms with Crippen LogP contribution in [0, 0.1) is 0 Å². The normalized spacial score (nSPS) is 12.4. The molecule has 0 aliphatic rings. The summed E-state index contributed by atoms with van der Waals surface area (Å²) in [6, 6.07) is 19.2. The molecule has 14 heteroatoms. The van der Waals surface area contributed by atoms with Crippen LogP contribution in [0.2, 0.25) is 0 Å². The molecular weight excluding hydrogens is 570 g/mol. The molecule has 0 saturated heterocycles. The summed E-state index contributed by atoms with van der Waals surface area (Å²) in [5.41, 5.74) is 17.0. The van der Waals surface area contributed by atoms with E-state index in [1.807, 2.05) is 0 Å². The first-order valence-electron chi connectivity index (χ1n) is 12.0. The van der Waals surface area contributed by atoms with Crippen molar-refractivity contribution < 1.29 is 31.2 Å². The highest BCUT2D eigenvalue weighted by Crippen LogP contribution is 2.36. The zero-order valence-corrected chi connectivity index (χ0v) is 23.4. The number of rotatable bonds is 11. The Hall–Kier alpha value is -4.66. The Morgan fingerprint density at radius 2 is 1.41 bits per heavy atom. The summed E-state index contributed by atoms with van der Waals surface area (Å²) in [5.74, 6) is -1.21. The molecule has 0 aromatic heterocycles. The molecule has 0 aliphatic heterocycles. The third-order valence-corrected chi connectivity index (χ3v) is 9.37. The number of benzene rings is 4. The second-order valence-electron chi connectivity index (χ2n) is 8.89. The van der Waals surface area contributed by atoms with Crippen molar-refractivity contribution in [3.05, 3.63) is 90.5 Å². The number of amides is 2. The van der Waals surface area contributed by atoms with E-state index >= 15 is 0 Å². The Balaban J connectivity index is 1.77. The number of hydrogen-bond acceptors (Lipinski definition) is 8. The molecule has 1 unspecified atom stereocenters. The summed E-state index contributed by atoms with van der Waals surface area (Å²) in [5, 5.41) is 0.703. The van der Waals surface area contributed by atoms with Crippen LogP contribution in [0.15, 0.2) is 94.7 Å². The fourth-order valence-corrected chi connectivity index (χ4v) is 6.66. The van der Waals surface area contributed by atoms with Crippen molar-refractivity contribution in [1.82, 2.24) is 0 Å². The zero-order chi connectivity index (χ0) is 29.9. The molecule has 1 atom stereocenters. The maximum absolute atomic E-state index is 13.7. The Morgan fingerprint density at radius 1 is 0.829 bits per heavy atom. The first kappa shape index (κ1) is 29.3. The number of sulfonamides is 2. The van der Waals surface area contributed by atoms with Gasteiger partial charge in [-0.3, -0.25) is 18.6 Å². The van der Waals surface area contributed by atoms with Crippen LogP contribution >= 0.6 is 0 Å². The molecule has 4 aromatic rings. The van der Waals surface area contributed by atoms with Crippen molar-refractivity contribution in [2.75, 3.05) is 22.7 Å². The van der Waals surface area contributed by atoms with E-state index < -0.39 is 44.4 Å². The number of carbonyl (C=O) groups is 2. The van der Waals surface area contributed by atoms with Crippen LogP contribution in [0.3, 0.4) is 0 Å². The molecule has 0 spiro atoms. The number of fused-ring (bicyclic) bond motifs is 1. The first-order chi connectivity index (χ1) is 19.3. The van der Waals surface area contributed by atoms with Gasteiger partial charge < -0.3 is 21.9 Å². The number of hydrogen-bond donors (Lipinski definition) is 4. The Bertz CT molecular complexity index is 1830. The van der Waals surface area contributed by atoms with E-state index in [0.29, 0.717) is 22.1 Å². The number of nitrogens with zero attached hydrogens (tertiary/aromatic N) is 1. The number of carbonyl (C=O) groups excluding carboxylic acids is 2. The highest BCUT2D eigenvalue weighted by molar-refractivity contribution is 7.93. The monoisotopic (exact) mass is 597 g/mol. The minimum absolute atomic E-state index is 0.104. The molecule has 4 aromatic carbocycles. The number of anilines is 2. The van der Waals surface area contributed by atoms with Gasteiger partial charge in [0.15, 0.2) is 0 Å². The minimum atomic E-state index is -4.28. The largest absolute Gasteiger partial charge is 0.497 e. The van der Waals surface area contributed by atoms with Gasteiger partial charge >= 0.3 is 0 Å². The molecule has 4 rings (SSSR count). The average Bonchev–Trinajstić information content (AvgIpc) is 2.95. The predicted octanol–water partition coefficient (Wildman–Crippen LogP) is 1.81. The van der Waals surface area contributed by atoms with Gasteiger partial charge in [0.25, 0.3) is 20.0 Å². The SMILES string of the molecule is COc1ccc(S(=O)(=O)N(CC(N)=O)c2ccc(NS(=O)(=O)c3ccc(C(N)C(N)=O)cc3)c3ccccc23)cc1. The highest BCUT2D eigenvalue weighted by Gasteiger charge is 2.29. The van der Waals surface area contributed by atoms with Gasteiger partial charge in [-0.25, -0.2) is 16.8 Å². The molecular formula is C27H27N5O7S2. The van der Waals surface area contributed by atoms with Gasteiger partial charge in [-0.1, -0.05) is 36.4 Å². The minimum Gasteiger partial charge on any atom is -0.497 e. The van der Waals surface area contributed by atoms with Crippen LogP contribution in [0.5, 0.6) is 5.75 Å². The lowest BCUT2D eigenvalue weighted by molar-refractivity contribution is -0.119. The van der Waals surface area contributed by atoms with Gasteiger partial charge in [-0.15, -0.1) is 0 Å². The van der Waals surface area contributed by atoms with Crippen molar-refractivity contribution >= 4 is 54.0 Å². The molecule has 0 saturated carbocycles. The van der Waals surface area contributed by atoms with Crippen molar-refractivity contribution in [3.63, 3.8) is 0 Å². The van der Waals surface area contributed by atoms with Gasteiger partial charge in [-0.2, -0.15) is 0 Å². The first-order valence-corrected chi connectivity index (χ1v) is 14.9. The zero-order valence-electron chi connectivity index (χ0n) is 21.7. The third-order valence-electron chi connectivity index (χ3n) is 6.22. The van der Waals surface area contributed by atoms with Gasteiger partial charge in [0.2, 0.25) is 11.8 Å². The van der Waals surface area contributed by atoms with Crippen molar-refractivity contribution in [1.29, 1.82) is 0 Å². The number of methoxy groups -OCH3 is 1. The summed E-state index contributed by atoms with van der Waals surface area (Å²) in [6.45, 7) is -0.663. The standard InChI is InChI=1S/C27H27N5O7S2/c1-39-18-8-12-20(13-9-18)41(37,38)32(16-25(28)33)24-15-14-23(21-4-2-3-5-22(21)24)31-40(35,36)19-10-6-17(7-11-19)26(29)27(30)34/h2-15,26,31H,16,29H2,1H3,(H2,28,33)(H2,30,34). The van der Waals surface area contributed by atoms with Crippen molar-refractivity contribution in [2.24, 2.45) is 17.2 Å². The topological polar surface area (TPSA) is 205 Å². The van der Waals surface area contributed by atoms with Crippen LogP contribution in [-0.4, -0.2) is 42.3 Å². The number of nitrogens with one attached hydrogen (secondary N) is 1. The molecule has 12 nitrogen and oxygen atoms in total. The molecule has 0 bridgehead atoms. The van der Waals surface area contributed by atoms with E-state index in [1.54, 1.807) is 24.3 Å². The summed E-state index contributed by atoms with van der Waals surface area (Å²) < 4.78 is 62.2. The summed E-state index contributed by atoms with van der Waals surface area (Å²) in [7, 11) is -6.96. The van der Waals surface area contributed by atoms with E-state index in [-0.39, 0.29) is 21.2 Å². The highest BCUT2D eigenvalue weighted by atomic mass is 32.2. The predicted molar refractivity (Wildman–Crippen MR) is 154 cm³/mol. The van der Waals surface area contributed by atoms with Crippen LogP contribution in [0.1, 0.15) is 11.6 Å². The van der Waals surface area contributed by atoms with E-state index in [0.717, 1.165) is 4.31 Å². The lowest BCUT2D eigenvalue weighted by atomic mass is 10.1. The van der Waals surface area contributed by atoms with Crippen LogP contribution in [0.4, 0.5) is 11.4 Å². The van der Waals surface area contributed by atoms with E-state index in [1.165, 1.54) is 67.8 Å². The Labute approximate surface area is 236 Å². The molecule has 0 aliphatic carbocycles. The second kappa shape index (κ2) is 11.4. The van der Waals surface area contributed by atoms with E-state index in [4.69, 9.17) is 21.9 Å². The maximum atomic E-state index is 13.7. The van der Waals surface area contributed by atoms with Gasteiger partial charge in [0.05, 0.1) is 28.3 Å². The fraction of sp³-hybridized carbons (Fsp3) is 0.111. The van der Waals surface area contributed by atoms with E-state index in [2.05, 4.69) is 4.72 Å². The van der Waals surface area contributed by atoms with Gasteiger partial charge in [-0.05, 0) is 54.1 Å². The van der Waals surface area contributed by atoms with Crippen molar-refractivity contribution in [3.8, 4) is 5.75 Å². The molecule has 0 heterocycles. The molecule has 7 N–H and O–H groups in total. The average molecular weight is 598 g/mol. The van der Waals surface area contributed by atoms with Crippen LogP contribution in [-0.2, 0) is 29.6 Å². The summed E-state index contributed by atoms with van der Waals surface area (Å²) >= 11 is 0. The molecule has 0 radical (unpaired) electrons. The molecule has 2 amide bonds. The Morgan fingerprint density at radius 3 is 1.98 bits per heavy atom. The van der Waals surface area contributed by atoms with Crippen LogP contribution < -0.4 is 31.0 Å². The maximum Gasteiger partial charge on any atom is 0.264 e. The molecule has 41 heavy (non-hydrogen) atoms. The molecule has 214 valence electrons. The number of nitrogens with two attached hydrogens (primary N) is 3. The quantitative estimate of drug-likeness (QED) is 0.200. The third kappa shape index (κ3) is 6.09. The Kier molecular flexibility index (Phi) is 8.19. The van der Waals surface area contributed by atoms with E-state index in [9.17, 15) is 26.4 Å². The second-order valence-corrected chi connectivity index (χ2v) is 12.4. The molecule has 0 fully saturated rings. The fourth-order valence-electron chi connectivity index (χ4n) is 4.13. The summed E-state index contributed by atoms with van der Waals surface area (Å²) in [4.78, 5) is 23.1. The lowest BCUT2D eigenvalue weighted by Gasteiger charge is -2.25. The number of primary amides is 2.